The first-order valence-corrected chi connectivity index (χ1v) is 8.50. The maximum absolute atomic E-state index is 6.08. The van der Waals surface area contributed by atoms with Gasteiger partial charge in [0.25, 0.3) is 0 Å². The summed E-state index contributed by atoms with van der Waals surface area (Å²) in [5.74, 6) is 0.935. The quantitative estimate of drug-likeness (QED) is 0.924. The first-order valence-electron chi connectivity index (χ1n) is 8.13. The zero-order chi connectivity index (χ0) is 16.1. The molecule has 2 aromatic carbocycles. The van der Waals surface area contributed by atoms with E-state index in [4.69, 9.17) is 16.3 Å². The number of halogens is 1. The minimum atomic E-state index is 0.184. The maximum atomic E-state index is 6.08. The smallest absolute Gasteiger partial charge is 0.123 e. The molecule has 1 unspecified atom stereocenters. The van der Waals surface area contributed by atoms with Gasteiger partial charge in [0.15, 0.2) is 0 Å². The molecular formula is C19H23ClN2O. The van der Waals surface area contributed by atoms with Gasteiger partial charge in [-0.1, -0.05) is 41.9 Å². The number of benzene rings is 2. The minimum absolute atomic E-state index is 0.184. The summed E-state index contributed by atoms with van der Waals surface area (Å²) in [6.07, 6.45) is 1.15. The summed E-state index contributed by atoms with van der Waals surface area (Å²) in [5.41, 5.74) is 2.46. The molecule has 1 aliphatic heterocycles. The Bertz CT molecular complexity index is 622. The molecule has 1 heterocycles. The molecule has 1 N–H and O–H groups in total. The third-order valence-corrected chi connectivity index (χ3v) is 4.61. The summed E-state index contributed by atoms with van der Waals surface area (Å²) in [6.45, 7) is 4.18. The van der Waals surface area contributed by atoms with Gasteiger partial charge in [0.1, 0.15) is 5.75 Å². The fourth-order valence-electron chi connectivity index (χ4n) is 3.25. The van der Waals surface area contributed by atoms with Crippen molar-refractivity contribution < 1.29 is 4.74 Å². The Kier molecular flexibility index (Phi) is 5.55. The topological polar surface area (TPSA) is 24.5 Å². The number of nitrogens with one attached hydrogen (secondary N) is 1. The van der Waals surface area contributed by atoms with Crippen molar-refractivity contribution >= 4 is 11.6 Å². The van der Waals surface area contributed by atoms with Crippen LogP contribution in [0.3, 0.4) is 0 Å². The van der Waals surface area contributed by atoms with Gasteiger partial charge in [-0.25, -0.2) is 0 Å². The van der Waals surface area contributed by atoms with Crippen molar-refractivity contribution in [3.05, 3.63) is 64.7 Å². The van der Waals surface area contributed by atoms with Crippen LogP contribution in [0.5, 0.6) is 5.75 Å². The highest BCUT2D eigenvalue weighted by atomic mass is 35.5. The Morgan fingerprint density at radius 2 is 1.83 bits per heavy atom. The van der Waals surface area contributed by atoms with Gasteiger partial charge in [-0.05, 0) is 36.7 Å². The van der Waals surface area contributed by atoms with Crippen LogP contribution in [0.2, 0.25) is 5.02 Å². The fraction of sp³-hybridized carbons (Fsp3) is 0.368. The molecule has 0 aromatic heterocycles. The highest BCUT2D eigenvalue weighted by molar-refractivity contribution is 6.30. The van der Waals surface area contributed by atoms with Crippen molar-refractivity contribution in [1.29, 1.82) is 0 Å². The van der Waals surface area contributed by atoms with Gasteiger partial charge in [-0.3, -0.25) is 4.90 Å². The summed E-state index contributed by atoms with van der Waals surface area (Å²) >= 11 is 6.08. The van der Waals surface area contributed by atoms with Crippen LogP contribution < -0.4 is 10.1 Å². The normalized spacial score (nSPS) is 17.5. The number of rotatable bonds is 4. The van der Waals surface area contributed by atoms with E-state index in [-0.39, 0.29) is 6.04 Å². The number of methoxy groups -OCH3 is 1. The Morgan fingerprint density at radius 3 is 2.61 bits per heavy atom. The van der Waals surface area contributed by atoms with Gasteiger partial charge in [0.05, 0.1) is 13.2 Å². The first kappa shape index (κ1) is 16.3. The lowest BCUT2D eigenvalue weighted by molar-refractivity contribution is 0.236. The zero-order valence-corrected chi connectivity index (χ0v) is 14.2. The van der Waals surface area contributed by atoms with Gasteiger partial charge in [-0.15, -0.1) is 0 Å². The lowest BCUT2D eigenvalue weighted by atomic mass is 9.96. The Labute approximate surface area is 143 Å². The summed E-state index contributed by atoms with van der Waals surface area (Å²) in [6, 6.07) is 16.7. The predicted octanol–water partition coefficient (Wildman–Crippen LogP) is 3.73. The molecule has 23 heavy (non-hydrogen) atoms. The van der Waals surface area contributed by atoms with E-state index >= 15 is 0 Å². The van der Waals surface area contributed by atoms with Gasteiger partial charge >= 0.3 is 0 Å². The molecule has 3 nitrogen and oxygen atoms in total. The third-order valence-electron chi connectivity index (χ3n) is 4.36. The van der Waals surface area contributed by atoms with E-state index in [9.17, 15) is 0 Å². The van der Waals surface area contributed by atoms with E-state index < -0.39 is 0 Å². The molecule has 0 aliphatic carbocycles. The van der Waals surface area contributed by atoms with Crippen LogP contribution >= 0.6 is 11.6 Å². The van der Waals surface area contributed by atoms with Crippen molar-refractivity contribution in [3.8, 4) is 5.75 Å². The Hall–Kier alpha value is -1.55. The average molecular weight is 331 g/mol. The number of para-hydroxylation sites is 1. The number of hydrogen-bond acceptors (Lipinski definition) is 3. The molecule has 0 radical (unpaired) electrons. The predicted molar refractivity (Wildman–Crippen MR) is 95.3 cm³/mol. The highest BCUT2D eigenvalue weighted by Gasteiger charge is 2.25. The van der Waals surface area contributed by atoms with Crippen LogP contribution in [-0.4, -0.2) is 38.2 Å². The summed E-state index contributed by atoms with van der Waals surface area (Å²) in [5, 5.41) is 4.25. The van der Waals surface area contributed by atoms with Crippen molar-refractivity contribution in [1.82, 2.24) is 10.2 Å². The van der Waals surface area contributed by atoms with E-state index in [2.05, 4.69) is 34.5 Å². The maximum Gasteiger partial charge on any atom is 0.123 e. The van der Waals surface area contributed by atoms with Gasteiger partial charge in [0.2, 0.25) is 0 Å². The number of nitrogens with zero attached hydrogens (tertiary/aromatic N) is 1. The second-order valence-corrected chi connectivity index (χ2v) is 6.27. The molecule has 1 atom stereocenters. The lowest BCUT2D eigenvalue weighted by Crippen LogP contribution is -2.33. The molecule has 1 saturated heterocycles. The Morgan fingerprint density at radius 1 is 1.04 bits per heavy atom. The summed E-state index contributed by atoms with van der Waals surface area (Å²) in [7, 11) is 1.74. The SMILES string of the molecule is COc1ccccc1C(c1ccc(Cl)cc1)N1CCCNCC1. The monoisotopic (exact) mass is 330 g/mol. The molecular weight excluding hydrogens is 308 g/mol. The molecule has 0 bridgehead atoms. The second-order valence-electron chi connectivity index (χ2n) is 5.84. The number of ether oxygens (including phenoxy) is 1. The molecule has 1 fully saturated rings. The third kappa shape index (κ3) is 3.86. The van der Waals surface area contributed by atoms with Crippen LogP contribution in [0.4, 0.5) is 0 Å². The molecule has 4 heteroatoms. The molecule has 0 amide bonds. The van der Waals surface area contributed by atoms with Crippen molar-refractivity contribution in [2.45, 2.75) is 12.5 Å². The summed E-state index contributed by atoms with van der Waals surface area (Å²) in [4.78, 5) is 2.53. The second kappa shape index (κ2) is 7.82. The van der Waals surface area contributed by atoms with E-state index in [1.807, 2.05) is 24.3 Å². The summed E-state index contributed by atoms with van der Waals surface area (Å²) < 4.78 is 5.63. The van der Waals surface area contributed by atoms with E-state index in [1.165, 1.54) is 11.1 Å². The Balaban J connectivity index is 2.03. The standard InChI is InChI=1S/C19H23ClN2O/c1-23-18-6-3-2-5-17(18)19(15-7-9-16(20)10-8-15)22-13-4-11-21-12-14-22/h2-3,5-10,19,21H,4,11-14H2,1H3. The van der Waals surface area contributed by atoms with Gasteiger partial charge in [-0.2, -0.15) is 0 Å². The van der Waals surface area contributed by atoms with Gasteiger partial charge in [0, 0.05) is 30.2 Å². The van der Waals surface area contributed by atoms with Crippen LogP contribution in [0, 0.1) is 0 Å². The fourth-order valence-corrected chi connectivity index (χ4v) is 3.38. The van der Waals surface area contributed by atoms with Gasteiger partial charge < -0.3 is 10.1 Å². The molecule has 0 spiro atoms. The molecule has 1 aliphatic rings. The van der Waals surface area contributed by atoms with Crippen LogP contribution in [0.1, 0.15) is 23.6 Å². The molecule has 3 rings (SSSR count). The van der Waals surface area contributed by atoms with E-state index in [0.29, 0.717) is 0 Å². The molecule has 122 valence electrons. The van der Waals surface area contributed by atoms with Crippen LogP contribution in [0.25, 0.3) is 0 Å². The molecule has 0 saturated carbocycles. The van der Waals surface area contributed by atoms with Crippen LogP contribution in [-0.2, 0) is 0 Å². The molecule has 2 aromatic rings. The van der Waals surface area contributed by atoms with Crippen LogP contribution in [0.15, 0.2) is 48.5 Å². The van der Waals surface area contributed by atoms with E-state index in [0.717, 1.165) is 43.4 Å². The van der Waals surface area contributed by atoms with E-state index in [1.54, 1.807) is 7.11 Å². The number of hydrogen-bond donors (Lipinski definition) is 1. The largest absolute Gasteiger partial charge is 0.496 e. The van der Waals surface area contributed by atoms with Crippen molar-refractivity contribution in [2.75, 3.05) is 33.3 Å². The average Bonchev–Trinajstić information content (AvgIpc) is 2.87. The lowest BCUT2D eigenvalue weighted by Gasteiger charge is -2.32. The van der Waals surface area contributed by atoms with Crippen molar-refractivity contribution in [2.24, 2.45) is 0 Å². The minimum Gasteiger partial charge on any atom is -0.496 e. The zero-order valence-electron chi connectivity index (χ0n) is 13.5. The van der Waals surface area contributed by atoms with Crippen molar-refractivity contribution in [3.63, 3.8) is 0 Å². The first-order chi connectivity index (χ1) is 11.3. The highest BCUT2D eigenvalue weighted by Crippen LogP contribution is 2.35.